The first-order chi connectivity index (χ1) is 14.6. The van der Waals surface area contributed by atoms with Crippen molar-refractivity contribution in [1.82, 2.24) is 10.3 Å². The van der Waals surface area contributed by atoms with Gasteiger partial charge in [0.1, 0.15) is 13.2 Å². The van der Waals surface area contributed by atoms with Crippen molar-refractivity contribution < 1.29 is 23.9 Å². The topological polar surface area (TPSA) is 101 Å². The van der Waals surface area contributed by atoms with E-state index in [0.717, 1.165) is 5.52 Å². The standard InChI is InChI=1S/C22H19N3O5/c26-20-9-13(12-25(20)14-5-6-18-19(10-14)30-8-7-29-18)24-22(28)21(27)16-11-23-17-4-2-1-3-15(16)17/h1-6,10-11,13,23H,7-9,12H2,(H,24,28). The summed E-state index contributed by atoms with van der Waals surface area (Å²) in [5.41, 5.74) is 1.77. The highest BCUT2D eigenvalue weighted by Crippen LogP contribution is 2.35. The molecule has 8 nitrogen and oxygen atoms in total. The molecule has 2 aliphatic rings. The Kier molecular flexibility index (Phi) is 4.39. The van der Waals surface area contributed by atoms with Crippen LogP contribution in [-0.4, -0.2) is 48.4 Å². The molecule has 5 rings (SSSR count). The third-order valence-electron chi connectivity index (χ3n) is 5.34. The number of carbonyl (C=O) groups is 3. The van der Waals surface area contributed by atoms with Gasteiger partial charge in [-0.1, -0.05) is 18.2 Å². The number of hydrogen-bond acceptors (Lipinski definition) is 5. The number of carbonyl (C=O) groups excluding carboxylic acids is 3. The Morgan fingerprint density at radius 3 is 2.73 bits per heavy atom. The van der Waals surface area contributed by atoms with Crippen LogP contribution in [0.3, 0.4) is 0 Å². The van der Waals surface area contributed by atoms with Gasteiger partial charge in [-0.15, -0.1) is 0 Å². The highest BCUT2D eigenvalue weighted by atomic mass is 16.6. The zero-order chi connectivity index (χ0) is 20.7. The van der Waals surface area contributed by atoms with E-state index in [2.05, 4.69) is 10.3 Å². The van der Waals surface area contributed by atoms with Crippen LogP contribution in [0.15, 0.2) is 48.7 Å². The number of Topliss-reactive ketones (excluding diaryl/α,β-unsaturated/α-hetero) is 1. The predicted octanol–water partition coefficient (Wildman–Crippen LogP) is 2.04. The molecule has 0 radical (unpaired) electrons. The van der Waals surface area contributed by atoms with Gasteiger partial charge < -0.3 is 24.7 Å². The van der Waals surface area contributed by atoms with Crippen molar-refractivity contribution in [2.24, 2.45) is 0 Å². The average Bonchev–Trinajstić information content (AvgIpc) is 3.36. The molecule has 2 N–H and O–H groups in total. The number of amides is 2. The van der Waals surface area contributed by atoms with Crippen LogP contribution in [0.2, 0.25) is 0 Å². The van der Waals surface area contributed by atoms with Crippen LogP contribution in [-0.2, 0) is 9.59 Å². The first-order valence-electron chi connectivity index (χ1n) is 9.71. The van der Waals surface area contributed by atoms with Gasteiger partial charge in [-0.05, 0) is 18.2 Å². The number of nitrogens with zero attached hydrogens (tertiary/aromatic N) is 1. The number of H-pyrrole nitrogens is 1. The van der Waals surface area contributed by atoms with Gasteiger partial charge in [-0.3, -0.25) is 14.4 Å². The van der Waals surface area contributed by atoms with Gasteiger partial charge >= 0.3 is 0 Å². The minimum absolute atomic E-state index is 0.126. The quantitative estimate of drug-likeness (QED) is 0.511. The van der Waals surface area contributed by atoms with Crippen molar-refractivity contribution in [1.29, 1.82) is 0 Å². The van der Waals surface area contributed by atoms with Crippen molar-refractivity contribution in [3.8, 4) is 11.5 Å². The number of rotatable bonds is 4. The van der Waals surface area contributed by atoms with Gasteiger partial charge in [0.25, 0.3) is 11.7 Å². The Hall–Kier alpha value is -3.81. The predicted molar refractivity (Wildman–Crippen MR) is 109 cm³/mol. The molecule has 2 amide bonds. The number of aromatic amines is 1. The lowest BCUT2D eigenvalue weighted by atomic mass is 10.1. The summed E-state index contributed by atoms with van der Waals surface area (Å²) in [6, 6.07) is 12.1. The molecular formula is C22H19N3O5. The lowest BCUT2D eigenvalue weighted by Gasteiger charge is -2.22. The summed E-state index contributed by atoms with van der Waals surface area (Å²) in [7, 11) is 0. The molecule has 0 bridgehead atoms. The number of aromatic nitrogens is 1. The molecule has 3 aromatic rings. The summed E-state index contributed by atoms with van der Waals surface area (Å²) < 4.78 is 11.1. The second-order valence-electron chi connectivity index (χ2n) is 7.28. The number of benzene rings is 2. The first kappa shape index (κ1) is 18.2. The van der Waals surface area contributed by atoms with E-state index in [-0.39, 0.29) is 18.9 Å². The van der Waals surface area contributed by atoms with E-state index >= 15 is 0 Å². The maximum Gasteiger partial charge on any atom is 0.292 e. The fraction of sp³-hybridized carbons (Fsp3) is 0.227. The Morgan fingerprint density at radius 2 is 1.87 bits per heavy atom. The van der Waals surface area contributed by atoms with Crippen molar-refractivity contribution in [3.63, 3.8) is 0 Å². The normalized spacial score (nSPS) is 17.9. The minimum atomic E-state index is -0.721. The van der Waals surface area contributed by atoms with Crippen LogP contribution in [0.1, 0.15) is 16.8 Å². The smallest absolute Gasteiger partial charge is 0.292 e. The lowest BCUT2D eigenvalue weighted by Crippen LogP contribution is -2.40. The second-order valence-corrected chi connectivity index (χ2v) is 7.28. The van der Waals surface area contributed by atoms with Gasteiger partial charge in [0.2, 0.25) is 5.91 Å². The maximum atomic E-state index is 12.6. The largest absolute Gasteiger partial charge is 0.486 e. The zero-order valence-corrected chi connectivity index (χ0v) is 16.0. The third-order valence-corrected chi connectivity index (χ3v) is 5.34. The van der Waals surface area contributed by atoms with Crippen LogP contribution < -0.4 is 19.7 Å². The Bertz CT molecular complexity index is 1170. The van der Waals surface area contributed by atoms with E-state index in [0.29, 0.717) is 41.3 Å². The molecule has 1 aromatic heterocycles. The minimum Gasteiger partial charge on any atom is -0.486 e. The van der Waals surface area contributed by atoms with Crippen molar-refractivity contribution in [2.75, 3.05) is 24.7 Å². The molecule has 30 heavy (non-hydrogen) atoms. The van der Waals surface area contributed by atoms with E-state index in [1.807, 2.05) is 18.2 Å². The molecule has 152 valence electrons. The van der Waals surface area contributed by atoms with Crippen LogP contribution in [0, 0.1) is 0 Å². The number of ether oxygens (including phenoxy) is 2. The average molecular weight is 405 g/mol. The van der Waals surface area contributed by atoms with Gasteiger partial charge in [-0.2, -0.15) is 0 Å². The van der Waals surface area contributed by atoms with Gasteiger partial charge in [0.05, 0.1) is 11.6 Å². The molecule has 0 spiro atoms. The highest BCUT2D eigenvalue weighted by Gasteiger charge is 2.34. The Labute approximate surface area is 171 Å². The summed E-state index contributed by atoms with van der Waals surface area (Å²) >= 11 is 0. The Morgan fingerprint density at radius 1 is 1.07 bits per heavy atom. The van der Waals surface area contributed by atoms with Crippen molar-refractivity contribution >= 4 is 34.2 Å². The maximum absolute atomic E-state index is 12.6. The van der Waals surface area contributed by atoms with E-state index in [1.165, 1.54) is 6.20 Å². The molecule has 2 aromatic carbocycles. The van der Waals surface area contributed by atoms with Gasteiger partial charge in [0.15, 0.2) is 11.5 Å². The fourth-order valence-electron chi connectivity index (χ4n) is 3.89. The fourth-order valence-corrected chi connectivity index (χ4v) is 3.89. The summed E-state index contributed by atoms with van der Waals surface area (Å²) in [5.74, 6) is -0.241. The summed E-state index contributed by atoms with van der Waals surface area (Å²) in [4.78, 5) is 42.3. The van der Waals surface area contributed by atoms with Crippen molar-refractivity contribution in [3.05, 3.63) is 54.2 Å². The second kappa shape index (κ2) is 7.22. The molecule has 8 heteroatoms. The summed E-state index contributed by atoms with van der Waals surface area (Å²) in [6.45, 7) is 1.23. The third kappa shape index (κ3) is 3.16. The summed E-state index contributed by atoms with van der Waals surface area (Å²) in [6.07, 6.45) is 1.66. The van der Waals surface area contributed by atoms with E-state index in [4.69, 9.17) is 9.47 Å². The molecule has 0 saturated carbocycles. The van der Waals surface area contributed by atoms with Crippen LogP contribution in [0.5, 0.6) is 11.5 Å². The Balaban J connectivity index is 1.29. The van der Waals surface area contributed by atoms with Crippen LogP contribution in [0.4, 0.5) is 5.69 Å². The first-order valence-corrected chi connectivity index (χ1v) is 9.71. The summed E-state index contributed by atoms with van der Waals surface area (Å²) in [5, 5.41) is 3.40. The number of fused-ring (bicyclic) bond motifs is 2. The van der Waals surface area contributed by atoms with Crippen LogP contribution in [0.25, 0.3) is 10.9 Å². The number of nitrogens with one attached hydrogen (secondary N) is 2. The molecule has 3 heterocycles. The highest BCUT2D eigenvalue weighted by molar-refractivity contribution is 6.45. The number of anilines is 1. The van der Waals surface area contributed by atoms with Crippen LogP contribution >= 0.6 is 0 Å². The van der Waals surface area contributed by atoms with E-state index in [1.54, 1.807) is 29.2 Å². The molecule has 1 atom stereocenters. The molecule has 1 unspecified atom stereocenters. The van der Waals surface area contributed by atoms with E-state index < -0.39 is 17.7 Å². The number of ketones is 1. The number of para-hydroxylation sites is 1. The number of hydrogen-bond donors (Lipinski definition) is 2. The molecular weight excluding hydrogens is 386 g/mol. The van der Waals surface area contributed by atoms with Gasteiger partial charge in [0, 0.05) is 41.8 Å². The molecule has 1 fully saturated rings. The van der Waals surface area contributed by atoms with Gasteiger partial charge in [-0.25, -0.2) is 0 Å². The monoisotopic (exact) mass is 405 g/mol. The van der Waals surface area contributed by atoms with Crippen molar-refractivity contribution in [2.45, 2.75) is 12.5 Å². The molecule has 2 aliphatic heterocycles. The molecule has 1 saturated heterocycles. The SMILES string of the molecule is O=C(NC1CC(=O)N(c2ccc3c(c2)OCCO3)C1)C(=O)c1c[nH]c2ccccc12. The lowest BCUT2D eigenvalue weighted by molar-refractivity contribution is -0.118. The molecule has 0 aliphatic carbocycles. The van der Waals surface area contributed by atoms with E-state index in [9.17, 15) is 14.4 Å². The zero-order valence-electron chi connectivity index (χ0n) is 16.0.